The third kappa shape index (κ3) is 4.61. The number of morpholine rings is 1. The molecule has 0 radical (unpaired) electrons. The Kier molecular flexibility index (Phi) is 6.07. The molecule has 22 heavy (non-hydrogen) atoms. The lowest BCUT2D eigenvalue weighted by atomic mass is 10.2. The van der Waals surface area contributed by atoms with Crippen LogP contribution in [0, 0.1) is 0 Å². The second-order valence-electron chi connectivity index (χ2n) is 5.53. The lowest BCUT2D eigenvalue weighted by molar-refractivity contribution is -0.148. The Bertz CT molecular complexity index is 435. The molecule has 7 nitrogen and oxygen atoms in total. The molecule has 0 aromatic heterocycles. The van der Waals surface area contributed by atoms with Crippen molar-refractivity contribution in [2.24, 2.45) is 0 Å². The first-order valence-electron chi connectivity index (χ1n) is 7.48. The molecule has 1 N–H and O–H groups in total. The van der Waals surface area contributed by atoms with Gasteiger partial charge in [-0.15, -0.1) is 11.8 Å². The summed E-state index contributed by atoms with van der Waals surface area (Å²) in [6, 6.07) is -0.760. The summed E-state index contributed by atoms with van der Waals surface area (Å²) < 4.78 is 5.19. The van der Waals surface area contributed by atoms with Crippen molar-refractivity contribution < 1.29 is 24.2 Å². The number of hydrogen-bond acceptors (Lipinski definition) is 5. The topological polar surface area (TPSA) is 87.2 Å². The minimum absolute atomic E-state index is 0.00496. The van der Waals surface area contributed by atoms with Gasteiger partial charge in [-0.1, -0.05) is 0 Å². The molecule has 1 unspecified atom stereocenters. The fourth-order valence-electron chi connectivity index (χ4n) is 2.41. The lowest BCUT2D eigenvalue weighted by Crippen LogP contribution is -2.46. The molecule has 2 fully saturated rings. The standard InChI is InChI=1S/C14H22N2O5S/c1-10(14(19)20)16(11-2-3-11)13(18)9-22-8-12(17)15-4-6-21-7-5-15/h10-11H,2-9H2,1H3,(H,19,20). The quantitative estimate of drug-likeness (QED) is 0.709. The minimum Gasteiger partial charge on any atom is -0.480 e. The van der Waals surface area contributed by atoms with Gasteiger partial charge in [0.2, 0.25) is 11.8 Å². The Morgan fingerprint density at radius 3 is 2.45 bits per heavy atom. The molecular formula is C14H22N2O5S. The molecule has 2 rings (SSSR count). The molecule has 0 spiro atoms. The number of thioether (sulfide) groups is 1. The van der Waals surface area contributed by atoms with E-state index in [4.69, 9.17) is 9.84 Å². The van der Waals surface area contributed by atoms with Crippen LogP contribution in [-0.4, -0.2) is 82.6 Å². The van der Waals surface area contributed by atoms with E-state index < -0.39 is 12.0 Å². The monoisotopic (exact) mass is 330 g/mol. The number of rotatable bonds is 7. The van der Waals surface area contributed by atoms with E-state index >= 15 is 0 Å². The van der Waals surface area contributed by atoms with Crippen LogP contribution in [0.1, 0.15) is 19.8 Å². The summed E-state index contributed by atoms with van der Waals surface area (Å²) in [6.07, 6.45) is 1.72. The number of amides is 2. The first-order chi connectivity index (χ1) is 10.5. The number of carbonyl (C=O) groups is 3. The highest BCUT2D eigenvalue weighted by Crippen LogP contribution is 2.29. The van der Waals surface area contributed by atoms with Gasteiger partial charge in [0.25, 0.3) is 0 Å². The van der Waals surface area contributed by atoms with Crippen molar-refractivity contribution in [2.45, 2.75) is 31.8 Å². The van der Waals surface area contributed by atoms with Crippen LogP contribution < -0.4 is 0 Å². The van der Waals surface area contributed by atoms with E-state index in [1.807, 2.05) is 0 Å². The van der Waals surface area contributed by atoms with E-state index in [2.05, 4.69) is 0 Å². The molecule has 2 aliphatic rings. The van der Waals surface area contributed by atoms with Crippen LogP contribution in [0.4, 0.5) is 0 Å². The van der Waals surface area contributed by atoms with Crippen molar-refractivity contribution >= 4 is 29.5 Å². The summed E-state index contributed by atoms with van der Waals surface area (Å²) in [4.78, 5) is 38.5. The molecule has 1 saturated heterocycles. The Morgan fingerprint density at radius 2 is 1.91 bits per heavy atom. The zero-order valence-electron chi connectivity index (χ0n) is 12.7. The summed E-state index contributed by atoms with van der Waals surface area (Å²) in [5, 5.41) is 9.09. The van der Waals surface area contributed by atoms with Gasteiger partial charge < -0.3 is 19.6 Å². The fourth-order valence-corrected chi connectivity index (χ4v) is 3.19. The smallest absolute Gasteiger partial charge is 0.326 e. The van der Waals surface area contributed by atoms with E-state index in [0.717, 1.165) is 12.8 Å². The van der Waals surface area contributed by atoms with Crippen LogP contribution in [0.15, 0.2) is 0 Å². The van der Waals surface area contributed by atoms with Crippen molar-refractivity contribution in [1.82, 2.24) is 9.80 Å². The average Bonchev–Trinajstić information content (AvgIpc) is 3.32. The Hall–Kier alpha value is -1.28. The van der Waals surface area contributed by atoms with E-state index in [1.54, 1.807) is 4.90 Å². The second kappa shape index (κ2) is 7.82. The lowest BCUT2D eigenvalue weighted by Gasteiger charge is -2.28. The van der Waals surface area contributed by atoms with Crippen LogP contribution in [0.3, 0.4) is 0 Å². The van der Waals surface area contributed by atoms with Crippen LogP contribution >= 0.6 is 11.8 Å². The molecule has 1 aliphatic carbocycles. The molecule has 0 aromatic carbocycles. The summed E-state index contributed by atoms with van der Waals surface area (Å²) in [7, 11) is 0. The normalized spacial score (nSPS) is 19.6. The van der Waals surface area contributed by atoms with Gasteiger partial charge in [-0.25, -0.2) is 4.79 Å². The van der Waals surface area contributed by atoms with Crippen molar-refractivity contribution in [1.29, 1.82) is 0 Å². The predicted octanol–water partition coefficient (Wildman–Crippen LogP) is 0.0425. The number of carboxylic acid groups (broad SMARTS) is 1. The summed E-state index contributed by atoms with van der Waals surface area (Å²) in [5.41, 5.74) is 0. The molecule has 1 aliphatic heterocycles. The highest BCUT2D eigenvalue weighted by atomic mass is 32.2. The maximum Gasteiger partial charge on any atom is 0.326 e. The van der Waals surface area contributed by atoms with Gasteiger partial charge in [0.05, 0.1) is 24.7 Å². The minimum atomic E-state index is -0.991. The van der Waals surface area contributed by atoms with Crippen molar-refractivity contribution in [3.05, 3.63) is 0 Å². The first kappa shape index (κ1) is 17.1. The van der Waals surface area contributed by atoms with E-state index in [9.17, 15) is 14.4 Å². The van der Waals surface area contributed by atoms with Crippen LogP contribution in [0.25, 0.3) is 0 Å². The van der Waals surface area contributed by atoms with Gasteiger partial charge >= 0.3 is 5.97 Å². The molecule has 1 saturated carbocycles. The molecule has 124 valence electrons. The van der Waals surface area contributed by atoms with Gasteiger partial charge in [-0.2, -0.15) is 0 Å². The molecule has 1 atom stereocenters. The van der Waals surface area contributed by atoms with E-state index in [-0.39, 0.29) is 29.4 Å². The summed E-state index contributed by atoms with van der Waals surface area (Å²) in [5.74, 6) is -0.798. The van der Waals surface area contributed by atoms with Gasteiger partial charge in [0.15, 0.2) is 0 Å². The summed E-state index contributed by atoms with van der Waals surface area (Å²) in [6.45, 7) is 3.83. The highest BCUT2D eigenvalue weighted by Gasteiger charge is 2.38. The number of aliphatic carboxylic acids is 1. The maximum atomic E-state index is 12.2. The molecule has 0 bridgehead atoms. The second-order valence-corrected chi connectivity index (χ2v) is 6.52. The Morgan fingerprint density at radius 1 is 1.27 bits per heavy atom. The largest absolute Gasteiger partial charge is 0.480 e. The average molecular weight is 330 g/mol. The third-order valence-corrected chi connectivity index (χ3v) is 4.72. The Labute approximate surface area is 134 Å². The maximum absolute atomic E-state index is 12.2. The predicted molar refractivity (Wildman–Crippen MR) is 81.7 cm³/mol. The molecule has 8 heteroatoms. The number of carbonyl (C=O) groups excluding carboxylic acids is 2. The van der Waals surface area contributed by atoms with Crippen molar-refractivity contribution in [3.63, 3.8) is 0 Å². The first-order valence-corrected chi connectivity index (χ1v) is 8.63. The number of hydrogen-bond donors (Lipinski definition) is 1. The van der Waals surface area contributed by atoms with Gasteiger partial charge in [0, 0.05) is 19.1 Å². The molecule has 0 aromatic rings. The zero-order valence-corrected chi connectivity index (χ0v) is 13.5. The number of ether oxygens (including phenoxy) is 1. The third-order valence-electron chi connectivity index (χ3n) is 3.82. The fraction of sp³-hybridized carbons (Fsp3) is 0.786. The summed E-state index contributed by atoms with van der Waals surface area (Å²) >= 11 is 1.25. The number of nitrogens with zero attached hydrogens (tertiary/aromatic N) is 2. The molecular weight excluding hydrogens is 308 g/mol. The number of carboxylic acids is 1. The SMILES string of the molecule is CC(C(=O)O)N(C(=O)CSCC(=O)N1CCOCC1)C1CC1. The molecule has 1 heterocycles. The van der Waals surface area contributed by atoms with Crippen LogP contribution in [0.5, 0.6) is 0 Å². The highest BCUT2D eigenvalue weighted by molar-refractivity contribution is 8.00. The van der Waals surface area contributed by atoms with Gasteiger partial charge in [-0.05, 0) is 19.8 Å². The van der Waals surface area contributed by atoms with Crippen LogP contribution in [0.2, 0.25) is 0 Å². The zero-order chi connectivity index (χ0) is 16.1. The van der Waals surface area contributed by atoms with Crippen molar-refractivity contribution in [3.8, 4) is 0 Å². The van der Waals surface area contributed by atoms with E-state index in [1.165, 1.54) is 23.6 Å². The van der Waals surface area contributed by atoms with Gasteiger partial charge in [-0.3, -0.25) is 9.59 Å². The van der Waals surface area contributed by atoms with Crippen LogP contribution in [-0.2, 0) is 19.1 Å². The molecule has 2 amide bonds. The van der Waals surface area contributed by atoms with Crippen molar-refractivity contribution in [2.75, 3.05) is 37.8 Å². The van der Waals surface area contributed by atoms with Gasteiger partial charge in [0.1, 0.15) is 6.04 Å². The van der Waals surface area contributed by atoms with E-state index in [0.29, 0.717) is 26.3 Å². The Balaban J connectivity index is 1.76.